The quantitative estimate of drug-likeness (QED) is 0.447. The highest BCUT2D eigenvalue weighted by molar-refractivity contribution is 7.98. The maximum Gasteiger partial charge on any atom is 0.251 e. The van der Waals surface area contributed by atoms with Gasteiger partial charge < -0.3 is 5.32 Å². The van der Waals surface area contributed by atoms with Crippen molar-refractivity contribution in [1.29, 1.82) is 0 Å². The van der Waals surface area contributed by atoms with Gasteiger partial charge in [-0.3, -0.25) is 9.59 Å². The number of nitrogens with one attached hydrogen (secondary N) is 1. The van der Waals surface area contributed by atoms with Crippen molar-refractivity contribution >= 4 is 44.6 Å². The van der Waals surface area contributed by atoms with Crippen LogP contribution in [0.15, 0.2) is 58.8 Å². The van der Waals surface area contributed by atoms with Crippen LogP contribution in [0, 0.1) is 6.92 Å². The third kappa shape index (κ3) is 6.75. The molecule has 174 valence electrons. The maximum atomic E-state index is 13.1. The predicted octanol–water partition coefficient (Wildman–Crippen LogP) is 4.19. The molecule has 0 radical (unpaired) electrons. The summed E-state index contributed by atoms with van der Waals surface area (Å²) in [6, 6.07) is 13.6. The van der Waals surface area contributed by atoms with Gasteiger partial charge in [-0.15, -0.1) is 11.3 Å². The fourth-order valence-electron chi connectivity index (χ4n) is 3.34. The van der Waals surface area contributed by atoms with E-state index >= 15 is 0 Å². The third-order valence-electron chi connectivity index (χ3n) is 5.10. The Balaban J connectivity index is 1.75. The van der Waals surface area contributed by atoms with Crippen molar-refractivity contribution < 1.29 is 18.0 Å². The minimum absolute atomic E-state index is 0.110. The number of aromatic nitrogens is 1. The molecule has 0 saturated heterocycles. The van der Waals surface area contributed by atoms with Gasteiger partial charge in [-0.2, -0.15) is 11.8 Å². The van der Waals surface area contributed by atoms with Gasteiger partial charge in [0.1, 0.15) is 5.01 Å². The summed E-state index contributed by atoms with van der Waals surface area (Å²) in [5.41, 5.74) is 2.59. The Labute approximate surface area is 202 Å². The van der Waals surface area contributed by atoms with E-state index in [0.29, 0.717) is 22.7 Å². The summed E-state index contributed by atoms with van der Waals surface area (Å²) in [4.78, 5) is 30.6. The van der Waals surface area contributed by atoms with E-state index in [2.05, 4.69) is 10.3 Å². The average Bonchev–Trinajstić information content (AvgIpc) is 3.25. The van der Waals surface area contributed by atoms with E-state index in [1.807, 2.05) is 42.0 Å². The zero-order valence-electron chi connectivity index (χ0n) is 18.7. The first-order valence-electron chi connectivity index (χ1n) is 10.3. The highest BCUT2D eigenvalue weighted by atomic mass is 32.2. The van der Waals surface area contributed by atoms with Crippen LogP contribution in [0.2, 0.25) is 0 Å². The van der Waals surface area contributed by atoms with Gasteiger partial charge in [0.15, 0.2) is 15.6 Å². The molecular formula is C24H26N2O4S3. The number of ketones is 1. The number of Topliss-reactive ketones (excluding diaryl/α,β-unsaturated/α-hetero) is 1. The number of hydrogen-bond donors (Lipinski definition) is 1. The molecule has 0 saturated carbocycles. The van der Waals surface area contributed by atoms with Crippen molar-refractivity contribution in [3.8, 4) is 11.3 Å². The number of thioether (sulfide) groups is 1. The van der Waals surface area contributed by atoms with E-state index in [4.69, 9.17) is 0 Å². The zero-order valence-corrected chi connectivity index (χ0v) is 21.1. The average molecular weight is 503 g/mol. The molecule has 3 rings (SSSR count). The fraction of sp³-hybridized carbons (Fsp3) is 0.292. The molecule has 0 spiro atoms. The molecule has 1 amide bonds. The number of carbonyl (C=O) groups excluding carboxylic acids is 2. The number of rotatable bonds is 10. The molecular weight excluding hydrogens is 476 g/mol. The number of sulfone groups is 1. The Morgan fingerprint density at radius 3 is 2.55 bits per heavy atom. The highest BCUT2D eigenvalue weighted by Crippen LogP contribution is 2.22. The summed E-state index contributed by atoms with van der Waals surface area (Å²) < 4.78 is 24.0. The van der Waals surface area contributed by atoms with E-state index in [9.17, 15) is 18.0 Å². The van der Waals surface area contributed by atoms with Crippen molar-refractivity contribution in [3.05, 3.63) is 70.0 Å². The van der Waals surface area contributed by atoms with E-state index < -0.39 is 21.8 Å². The Kier molecular flexibility index (Phi) is 8.45. The summed E-state index contributed by atoms with van der Waals surface area (Å²) in [6.45, 7) is 1.68. The third-order valence-corrected chi connectivity index (χ3v) is 7.83. The van der Waals surface area contributed by atoms with Gasteiger partial charge in [0.2, 0.25) is 0 Å². The van der Waals surface area contributed by atoms with E-state index in [-0.39, 0.29) is 22.7 Å². The first-order chi connectivity index (χ1) is 15.7. The van der Waals surface area contributed by atoms with Crippen LogP contribution in [0.3, 0.4) is 0 Å². The largest absolute Gasteiger partial charge is 0.342 e. The van der Waals surface area contributed by atoms with Crippen molar-refractivity contribution in [3.63, 3.8) is 0 Å². The Morgan fingerprint density at radius 1 is 1.15 bits per heavy atom. The number of carbonyl (C=O) groups is 2. The van der Waals surface area contributed by atoms with Crippen molar-refractivity contribution in [2.75, 3.05) is 18.3 Å². The molecule has 0 unspecified atom stereocenters. The van der Waals surface area contributed by atoms with Crippen LogP contribution in [0.1, 0.15) is 27.3 Å². The van der Waals surface area contributed by atoms with Crippen molar-refractivity contribution in [1.82, 2.24) is 10.3 Å². The smallest absolute Gasteiger partial charge is 0.251 e. The number of amides is 1. The summed E-state index contributed by atoms with van der Waals surface area (Å²) in [5, 5.41) is 5.42. The molecule has 33 heavy (non-hydrogen) atoms. The molecule has 1 heterocycles. The van der Waals surface area contributed by atoms with Crippen LogP contribution in [0.25, 0.3) is 11.3 Å². The second kappa shape index (κ2) is 11.1. The van der Waals surface area contributed by atoms with Crippen LogP contribution in [-0.2, 0) is 21.1 Å². The molecule has 2 aromatic carbocycles. The first kappa shape index (κ1) is 25.1. The lowest BCUT2D eigenvalue weighted by atomic mass is 10.1. The van der Waals surface area contributed by atoms with Gasteiger partial charge in [-0.05, 0) is 43.0 Å². The van der Waals surface area contributed by atoms with E-state index in [0.717, 1.165) is 17.5 Å². The summed E-state index contributed by atoms with van der Waals surface area (Å²) in [7, 11) is -3.47. The van der Waals surface area contributed by atoms with Gasteiger partial charge in [-0.25, -0.2) is 13.4 Å². The monoisotopic (exact) mass is 502 g/mol. The number of thiazole rings is 1. The molecule has 1 atom stereocenters. The lowest BCUT2D eigenvalue weighted by Crippen LogP contribution is -2.42. The van der Waals surface area contributed by atoms with Crippen molar-refractivity contribution in [2.45, 2.75) is 30.7 Å². The SMILES string of the molecule is CSCC[C@H](NC(=O)c1ccc(C)c(S(C)(=O)=O)c1)C(=O)Cc1nc(-c2ccccc2)cs1. The topological polar surface area (TPSA) is 93.2 Å². The second-order valence-electron chi connectivity index (χ2n) is 7.70. The number of aryl methyl sites for hydroxylation is 1. The van der Waals surface area contributed by atoms with Crippen LogP contribution in [-0.4, -0.2) is 49.4 Å². The van der Waals surface area contributed by atoms with E-state index in [1.54, 1.807) is 30.8 Å². The van der Waals surface area contributed by atoms with Crippen molar-refractivity contribution in [2.24, 2.45) is 0 Å². The lowest BCUT2D eigenvalue weighted by molar-refractivity contribution is -0.120. The predicted molar refractivity (Wildman–Crippen MR) is 135 cm³/mol. The molecule has 1 N–H and O–H groups in total. The summed E-state index contributed by atoms with van der Waals surface area (Å²) >= 11 is 3.01. The van der Waals surface area contributed by atoms with Gasteiger partial charge in [0, 0.05) is 22.8 Å². The second-order valence-corrected chi connectivity index (χ2v) is 11.6. The van der Waals surface area contributed by atoms with Crippen LogP contribution in [0.5, 0.6) is 0 Å². The first-order valence-corrected chi connectivity index (χ1v) is 14.5. The van der Waals surface area contributed by atoms with Gasteiger partial charge >= 0.3 is 0 Å². The molecule has 0 aliphatic heterocycles. The molecule has 6 nitrogen and oxygen atoms in total. The zero-order chi connectivity index (χ0) is 24.0. The molecule has 0 aliphatic rings. The fourth-order valence-corrected chi connectivity index (χ4v) is 5.62. The van der Waals surface area contributed by atoms with Crippen LogP contribution < -0.4 is 5.32 Å². The van der Waals surface area contributed by atoms with Gasteiger partial charge in [-0.1, -0.05) is 36.4 Å². The molecule has 0 fully saturated rings. The molecule has 9 heteroatoms. The Hall–Kier alpha value is -2.49. The number of nitrogens with zero attached hydrogens (tertiary/aromatic N) is 1. The van der Waals surface area contributed by atoms with Gasteiger partial charge in [0.25, 0.3) is 5.91 Å². The number of hydrogen-bond acceptors (Lipinski definition) is 7. The summed E-state index contributed by atoms with van der Waals surface area (Å²) in [6.07, 6.45) is 3.65. The maximum absolute atomic E-state index is 13.1. The minimum atomic E-state index is -3.47. The van der Waals surface area contributed by atoms with Crippen LogP contribution in [0.4, 0.5) is 0 Å². The molecule has 3 aromatic rings. The summed E-state index contributed by atoms with van der Waals surface area (Å²) in [5.74, 6) is 0.108. The Morgan fingerprint density at radius 2 is 1.88 bits per heavy atom. The van der Waals surface area contributed by atoms with E-state index in [1.165, 1.54) is 17.4 Å². The highest BCUT2D eigenvalue weighted by Gasteiger charge is 2.23. The van der Waals surface area contributed by atoms with Crippen LogP contribution >= 0.6 is 23.1 Å². The normalized spacial score (nSPS) is 12.3. The lowest BCUT2D eigenvalue weighted by Gasteiger charge is -2.17. The molecule has 0 aliphatic carbocycles. The molecule has 1 aromatic heterocycles. The van der Waals surface area contributed by atoms with Gasteiger partial charge in [0.05, 0.1) is 23.1 Å². The Bertz CT molecular complexity index is 1240. The molecule has 0 bridgehead atoms. The number of benzene rings is 2. The standard InChI is InChI=1S/C24H26N2O4S3/c1-16-9-10-18(13-22(16)33(3,29)30)24(28)26-19(11-12-31-2)21(27)14-23-25-20(15-32-23)17-7-5-4-6-8-17/h4-10,13,15,19H,11-12,14H2,1-3H3,(H,26,28)/t19-/m0/s1. The minimum Gasteiger partial charge on any atom is -0.342 e.